The maximum Gasteiger partial charge on any atom is 0.411 e. The summed E-state index contributed by atoms with van der Waals surface area (Å²) < 4.78 is 5.87. The summed E-state index contributed by atoms with van der Waals surface area (Å²) in [7, 11) is 0. The van der Waals surface area contributed by atoms with Gasteiger partial charge < -0.3 is 4.74 Å². The topological polar surface area (TPSA) is 29.5 Å². The Balaban J connectivity index is 1.65. The molecule has 1 saturated carbocycles. The van der Waals surface area contributed by atoms with E-state index in [1.165, 1.54) is 19.3 Å². The number of unbranched alkanes of at least 4 members (excludes halogenated alkanes) is 1. The van der Waals surface area contributed by atoms with Crippen LogP contribution in [0.4, 0.5) is 4.79 Å². The molecular formula is C22H25NO2. The first-order valence-corrected chi connectivity index (χ1v) is 9.38. The normalized spacial score (nSPS) is 28.0. The van der Waals surface area contributed by atoms with E-state index in [1.807, 2.05) is 41.3 Å². The van der Waals surface area contributed by atoms with Crippen LogP contribution in [-0.4, -0.2) is 17.0 Å². The molecule has 4 atom stereocenters. The van der Waals surface area contributed by atoms with Crippen molar-refractivity contribution in [3.63, 3.8) is 0 Å². The number of hydrogen-bond acceptors (Lipinski definition) is 2. The fraction of sp³-hybridized carbons (Fsp3) is 0.409. The van der Waals surface area contributed by atoms with Crippen LogP contribution in [0.2, 0.25) is 0 Å². The summed E-state index contributed by atoms with van der Waals surface area (Å²) in [5, 5.41) is 0. The Morgan fingerprint density at radius 2 is 1.64 bits per heavy atom. The number of benzene rings is 2. The number of carbonyl (C=O) groups excluding carboxylic acids is 1. The van der Waals surface area contributed by atoms with Gasteiger partial charge in [0.25, 0.3) is 0 Å². The van der Waals surface area contributed by atoms with Gasteiger partial charge in [-0.25, -0.2) is 4.79 Å². The molecule has 1 saturated heterocycles. The third-order valence-electron chi connectivity index (χ3n) is 5.47. The van der Waals surface area contributed by atoms with E-state index in [0.29, 0.717) is 12.0 Å². The Morgan fingerprint density at radius 3 is 2.28 bits per heavy atom. The molecule has 1 heterocycles. The zero-order valence-corrected chi connectivity index (χ0v) is 14.7. The van der Waals surface area contributed by atoms with Crippen LogP contribution in [0, 0.1) is 5.92 Å². The summed E-state index contributed by atoms with van der Waals surface area (Å²) in [6.07, 6.45) is 4.38. The molecule has 0 radical (unpaired) electrons. The SMILES string of the molecule is CCCC[C@H]1C[C@@H]1N1C(=O)O[C@H](c2ccccc2)[C@@H]1c1ccccc1. The van der Waals surface area contributed by atoms with Crippen LogP contribution < -0.4 is 0 Å². The molecule has 25 heavy (non-hydrogen) atoms. The zero-order chi connectivity index (χ0) is 17.2. The second kappa shape index (κ2) is 6.91. The molecule has 2 fully saturated rings. The van der Waals surface area contributed by atoms with Crippen molar-refractivity contribution in [2.45, 2.75) is 50.8 Å². The maximum absolute atomic E-state index is 12.7. The maximum atomic E-state index is 12.7. The number of amides is 1. The number of carbonyl (C=O) groups is 1. The van der Waals surface area contributed by atoms with Gasteiger partial charge >= 0.3 is 6.09 Å². The van der Waals surface area contributed by atoms with Gasteiger partial charge in [0, 0.05) is 6.04 Å². The third kappa shape index (κ3) is 3.15. The van der Waals surface area contributed by atoms with E-state index in [2.05, 4.69) is 31.2 Å². The molecule has 1 aliphatic heterocycles. The molecular weight excluding hydrogens is 310 g/mol. The number of rotatable bonds is 6. The number of cyclic esters (lactones) is 1. The van der Waals surface area contributed by atoms with Gasteiger partial charge in [-0.15, -0.1) is 0 Å². The van der Waals surface area contributed by atoms with Crippen molar-refractivity contribution in [3.05, 3.63) is 71.8 Å². The molecule has 2 aromatic rings. The molecule has 0 unspecified atom stereocenters. The predicted molar refractivity (Wildman–Crippen MR) is 98.1 cm³/mol. The summed E-state index contributed by atoms with van der Waals surface area (Å²) >= 11 is 0. The minimum absolute atomic E-state index is 0.0345. The van der Waals surface area contributed by atoms with Gasteiger partial charge in [0.1, 0.15) is 6.04 Å². The van der Waals surface area contributed by atoms with E-state index in [-0.39, 0.29) is 18.2 Å². The highest BCUT2D eigenvalue weighted by Gasteiger charge is 2.53. The molecule has 0 bridgehead atoms. The average Bonchev–Trinajstić information content (AvgIpc) is 3.34. The summed E-state index contributed by atoms with van der Waals surface area (Å²) in [5.41, 5.74) is 2.22. The number of hydrogen-bond donors (Lipinski definition) is 0. The molecule has 2 aromatic carbocycles. The van der Waals surface area contributed by atoms with E-state index in [1.54, 1.807) is 0 Å². The monoisotopic (exact) mass is 335 g/mol. The van der Waals surface area contributed by atoms with Crippen molar-refractivity contribution in [2.75, 3.05) is 0 Å². The van der Waals surface area contributed by atoms with Gasteiger partial charge in [0.15, 0.2) is 6.10 Å². The van der Waals surface area contributed by atoms with Crippen LogP contribution >= 0.6 is 0 Å². The van der Waals surface area contributed by atoms with Crippen LogP contribution in [0.3, 0.4) is 0 Å². The molecule has 3 nitrogen and oxygen atoms in total. The van der Waals surface area contributed by atoms with Gasteiger partial charge in [-0.1, -0.05) is 80.4 Å². The number of ether oxygens (including phenoxy) is 1. The molecule has 2 aliphatic rings. The van der Waals surface area contributed by atoms with Crippen molar-refractivity contribution in [1.82, 2.24) is 4.90 Å². The highest BCUT2D eigenvalue weighted by molar-refractivity contribution is 5.72. The minimum atomic E-state index is -0.233. The summed E-state index contributed by atoms with van der Waals surface area (Å²) in [4.78, 5) is 14.8. The number of nitrogens with zero attached hydrogens (tertiary/aromatic N) is 1. The van der Waals surface area contributed by atoms with Crippen LogP contribution in [0.1, 0.15) is 55.9 Å². The average molecular weight is 335 g/mol. The summed E-state index contributed by atoms with van der Waals surface area (Å²) in [5.74, 6) is 0.633. The molecule has 4 rings (SSSR count). The second-order valence-electron chi connectivity index (χ2n) is 7.18. The molecule has 1 amide bonds. The highest BCUT2D eigenvalue weighted by atomic mass is 16.6. The van der Waals surface area contributed by atoms with Crippen molar-refractivity contribution in [3.8, 4) is 0 Å². The van der Waals surface area contributed by atoms with Crippen LogP contribution in [-0.2, 0) is 4.74 Å². The minimum Gasteiger partial charge on any atom is -0.439 e. The van der Waals surface area contributed by atoms with E-state index < -0.39 is 0 Å². The Labute approximate surface area is 149 Å². The Morgan fingerprint density at radius 1 is 1.00 bits per heavy atom. The molecule has 0 spiro atoms. The summed E-state index contributed by atoms with van der Waals surface area (Å²) in [6.45, 7) is 2.22. The molecule has 3 heteroatoms. The fourth-order valence-electron chi connectivity index (χ4n) is 4.06. The van der Waals surface area contributed by atoms with Gasteiger partial charge in [0.05, 0.1) is 0 Å². The van der Waals surface area contributed by atoms with Gasteiger partial charge in [0.2, 0.25) is 0 Å². The lowest BCUT2D eigenvalue weighted by Gasteiger charge is -2.26. The molecule has 1 aliphatic carbocycles. The third-order valence-corrected chi connectivity index (χ3v) is 5.47. The zero-order valence-electron chi connectivity index (χ0n) is 14.7. The standard InChI is InChI=1S/C22H25NO2/c1-2-3-10-18-15-19(18)23-20(16-11-6-4-7-12-16)21(25-22(23)24)17-13-8-5-9-14-17/h4-9,11-14,18-21H,2-3,10,15H2,1H3/t18-,19-,20-,21+/m0/s1. The molecule has 130 valence electrons. The quantitative estimate of drug-likeness (QED) is 0.697. The lowest BCUT2D eigenvalue weighted by molar-refractivity contribution is 0.129. The van der Waals surface area contributed by atoms with Crippen LogP contribution in [0.25, 0.3) is 0 Å². The molecule has 0 N–H and O–H groups in total. The fourth-order valence-corrected chi connectivity index (χ4v) is 4.06. The van der Waals surface area contributed by atoms with Gasteiger partial charge in [-0.05, 0) is 29.9 Å². The van der Waals surface area contributed by atoms with Crippen molar-refractivity contribution in [1.29, 1.82) is 0 Å². The Bertz CT molecular complexity index is 715. The Hall–Kier alpha value is -2.29. The lowest BCUT2D eigenvalue weighted by atomic mass is 9.95. The van der Waals surface area contributed by atoms with Gasteiger partial charge in [-0.3, -0.25) is 4.90 Å². The first-order chi connectivity index (χ1) is 12.3. The Kier molecular flexibility index (Phi) is 4.48. The predicted octanol–water partition coefficient (Wildman–Crippen LogP) is 5.50. The van der Waals surface area contributed by atoms with Crippen molar-refractivity contribution in [2.24, 2.45) is 5.92 Å². The summed E-state index contributed by atoms with van der Waals surface area (Å²) in [6, 6.07) is 20.7. The second-order valence-corrected chi connectivity index (χ2v) is 7.18. The highest BCUT2D eigenvalue weighted by Crippen LogP contribution is 2.51. The van der Waals surface area contributed by atoms with E-state index >= 15 is 0 Å². The smallest absolute Gasteiger partial charge is 0.411 e. The van der Waals surface area contributed by atoms with Gasteiger partial charge in [-0.2, -0.15) is 0 Å². The van der Waals surface area contributed by atoms with E-state index in [0.717, 1.165) is 17.5 Å². The van der Waals surface area contributed by atoms with E-state index in [9.17, 15) is 4.79 Å². The van der Waals surface area contributed by atoms with Crippen molar-refractivity contribution < 1.29 is 9.53 Å². The first-order valence-electron chi connectivity index (χ1n) is 9.38. The van der Waals surface area contributed by atoms with E-state index in [4.69, 9.17) is 4.74 Å². The molecule has 0 aromatic heterocycles. The van der Waals surface area contributed by atoms with Crippen LogP contribution in [0.5, 0.6) is 0 Å². The first kappa shape index (κ1) is 16.2. The lowest BCUT2D eigenvalue weighted by Crippen LogP contribution is -2.31. The largest absolute Gasteiger partial charge is 0.439 e. The van der Waals surface area contributed by atoms with Crippen molar-refractivity contribution >= 4 is 6.09 Å². The van der Waals surface area contributed by atoms with Crippen LogP contribution in [0.15, 0.2) is 60.7 Å².